The van der Waals surface area contributed by atoms with E-state index in [9.17, 15) is 0 Å². The second kappa shape index (κ2) is 18.7. The van der Waals surface area contributed by atoms with Crippen molar-refractivity contribution in [2.45, 2.75) is 23.6 Å². The summed E-state index contributed by atoms with van der Waals surface area (Å²) in [5.74, 6) is 1.90. The number of anilines is 6. The smallest absolute Gasteiger partial charge is 0.164 e. The summed E-state index contributed by atoms with van der Waals surface area (Å²) >= 11 is 1.77. The van der Waals surface area contributed by atoms with Crippen LogP contribution in [-0.4, -0.2) is 15.0 Å². The Morgan fingerprint density at radius 3 is 1.12 bits per heavy atom. The fraction of sp³-hybridized carbons (Fsp3) is 0.0339. The second-order valence-corrected chi connectivity index (χ2v) is 16.4. The van der Waals surface area contributed by atoms with Crippen molar-refractivity contribution in [1.29, 1.82) is 0 Å². The van der Waals surface area contributed by atoms with Crippen LogP contribution in [0.5, 0.6) is 0 Å². The highest BCUT2D eigenvalue weighted by atomic mass is 32.2. The number of rotatable bonds is 9. The van der Waals surface area contributed by atoms with Crippen molar-refractivity contribution in [1.82, 2.24) is 15.0 Å². The first kappa shape index (κ1) is 41.0. The summed E-state index contributed by atoms with van der Waals surface area (Å²) in [6.45, 7) is 4.00. The molecule has 0 atom stereocenters. The predicted octanol–water partition coefficient (Wildman–Crippen LogP) is 16.6. The third kappa shape index (κ3) is 8.55. The molecule has 312 valence electrons. The minimum absolute atomic E-state index is 0.626. The van der Waals surface area contributed by atoms with Gasteiger partial charge >= 0.3 is 0 Å². The van der Waals surface area contributed by atoms with E-state index in [1.54, 1.807) is 11.8 Å². The van der Waals surface area contributed by atoms with Gasteiger partial charge in [0.25, 0.3) is 0 Å². The number of nitrogens with zero attached hydrogens (tertiary/aromatic N) is 5. The Bertz CT molecular complexity index is 3020. The Labute approximate surface area is 385 Å². The normalized spacial score (nSPS) is 11.4. The lowest BCUT2D eigenvalue weighted by molar-refractivity contribution is 1.07. The van der Waals surface area contributed by atoms with Gasteiger partial charge in [-0.15, -0.1) is 0 Å². The van der Waals surface area contributed by atoms with Crippen LogP contribution in [0.4, 0.5) is 34.1 Å². The molecular formula is C59H45N5S. The molecule has 5 nitrogen and oxygen atoms in total. The van der Waals surface area contributed by atoms with Crippen LogP contribution in [0.15, 0.2) is 246 Å². The van der Waals surface area contributed by atoms with Crippen molar-refractivity contribution in [3.05, 3.63) is 237 Å². The third-order valence-electron chi connectivity index (χ3n) is 11.3. The lowest BCUT2D eigenvalue weighted by atomic mass is 10.0. The Kier molecular flexibility index (Phi) is 11.8. The average molecular weight is 856 g/mol. The Morgan fingerprint density at radius 1 is 0.323 bits per heavy atom. The summed E-state index contributed by atoms with van der Waals surface area (Å²) in [4.78, 5) is 22.0. The molecular weight excluding hydrogens is 811 g/mol. The van der Waals surface area contributed by atoms with Crippen LogP contribution >= 0.6 is 11.8 Å². The first-order valence-electron chi connectivity index (χ1n) is 22.0. The van der Waals surface area contributed by atoms with Crippen LogP contribution in [0.25, 0.3) is 56.4 Å². The SMILES string of the molecule is CC.c1ccc(-c2ccc(N(c3ccc(-c4ccccc4)cc3)c3ccc4c(c3)Sc3cc(-c5nc(-c6ccccc6)nc(-c6ccccc6)n5)ccc3N4c3ccccc3)cc2)cc1. The van der Waals surface area contributed by atoms with E-state index in [-0.39, 0.29) is 0 Å². The largest absolute Gasteiger partial charge is 0.310 e. The number of fused-ring (bicyclic) bond motifs is 2. The fourth-order valence-electron chi connectivity index (χ4n) is 8.18. The lowest BCUT2D eigenvalue weighted by Gasteiger charge is -2.34. The molecule has 11 rings (SSSR count). The van der Waals surface area contributed by atoms with Crippen LogP contribution in [0.3, 0.4) is 0 Å². The van der Waals surface area contributed by atoms with E-state index in [1.165, 1.54) is 22.3 Å². The molecule has 1 aromatic heterocycles. The van der Waals surface area contributed by atoms with Crippen molar-refractivity contribution in [2.75, 3.05) is 9.80 Å². The topological polar surface area (TPSA) is 45.2 Å². The summed E-state index contributed by atoms with van der Waals surface area (Å²) in [6.07, 6.45) is 0. The first-order chi connectivity index (χ1) is 32.2. The number of hydrogen-bond acceptors (Lipinski definition) is 6. The van der Waals surface area contributed by atoms with Gasteiger partial charge in [0.1, 0.15) is 0 Å². The molecule has 65 heavy (non-hydrogen) atoms. The van der Waals surface area contributed by atoms with Gasteiger partial charge in [-0.05, 0) is 95.1 Å². The van der Waals surface area contributed by atoms with E-state index in [0.29, 0.717) is 17.5 Å². The van der Waals surface area contributed by atoms with Gasteiger partial charge in [-0.3, -0.25) is 0 Å². The lowest BCUT2D eigenvalue weighted by Crippen LogP contribution is -2.16. The van der Waals surface area contributed by atoms with Gasteiger partial charge < -0.3 is 9.80 Å². The molecule has 1 aliphatic heterocycles. The highest BCUT2D eigenvalue weighted by molar-refractivity contribution is 7.99. The number of hydrogen-bond donors (Lipinski definition) is 0. The zero-order valence-electron chi connectivity index (χ0n) is 36.2. The quantitative estimate of drug-likeness (QED) is 0.144. The molecule has 9 aromatic carbocycles. The van der Waals surface area contributed by atoms with Gasteiger partial charge in [0.05, 0.1) is 11.4 Å². The van der Waals surface area contributed by atoms with E-state index in [4.69, 9.17) is 15.0 Å². The summed E-state index contributed by atoms with van der Waals surface area (Å²) in [7, 11) is 0. The maximum atomic E-state index is 5.07. The molecule has 0 fully saturated rings. The minimum Gasteiger partial charge on any atom is -0.310 e. The summed E-state index contributed by atoms with van der Waals surface area (Å²) in [6, 6.07) is 83.1. The second-order valence-electron chi connectivity index (χ2n) is 15.3. The van der Waals surface area contributed by atoms with Crippen LogP contribution < -0.4 is 9.80 Å². The van der Waals surface area contributed by atoms with Crippen molar-refractivity contribution in [3.8, 4) is 56.4 Å². The van der Waals surface area contributed by atoms with Gasteiger partial charge in [0.2, 0.25) is 0 Å². The third-order valence-corrected chi connectivity index (χ3v) is 12.4. The number of benzene rings is 9. The van der Waals surface area contributed by atoms with E-state index < -0.39 is 0 Å². The molecule has 0 aliphatic carbocycles. The molecule has 6 heteroatoms. The van der Waals surface area contributed by atoms with Crippen molar-refractivity contribution < 1.29 is 0 Å². The highest BCUT2D eigenvalue weighted by Gasteiger charge is 2.27. The number of para-hydroxylation sites is 1. The standard InChI is InChI=1S/C57H39N5S.C2H6/c1-6-16-40(17-7-1)42-26-31-48(32-27-42)61(49-33-28-43(29-34-49)41-18-8-2-9-19-41)50-35-37-52-54(39-50)63-53-38-46(30-36-51(53)62(52)47-24-14-5-15-25-47)57-59-55(44-20-10-3-11-21-44)58-56(60-57)45-22-12-4-13-23-45;1-2/h1-39H;1-2H3. The summed E-state index contributed by atoms with van der Waals surface area (Å²) < 4.78 is 0. The molecule has 1 aliphatic rings. The van der Waals surface area contributed by atoms with E-state index >= 15 is 0 Å². The van der Waals surface area contributed by atoms with Crippen molar-refractivity contribution >= 4 is 45.9 Å². The molecule has 0 bridgehead atoms. The summed E-state index contributed by atoms with van der Waals surface area (Å²) in [5.41, 5.74) is 14.0. The van der Waals surface area contributed by atoms with Crippen LogP contribution in [0.1, 0.15) is 13.8 Å². The van der Waals surface area contributed by atoms with E-state index in [1.807, 2.05) is 74.5 Å². The maximum absolute atomic E-state index is 5.07. The summed E-state index contributed by atoms with van der Waals surface area (Å²) in [5, 5.41) is 0. The van der Waals surface area contributed by atoms with Gasteiger partial charge in [-0.2, -0.15) is 0 Å². The molecule has 2 heterocycles. The van der Waals surface area contributed by atoms with Crippen LogP contribution in [0.2, 0.25) is 0 Å². The van der Waals surface area contributed by atoms with Crippen LogP contribution in [0, 0.1) is 0 Å². The van der Waals surface area contributed by atoms with E-state index in [0.717, 1.165) is 60.6 Å². The molecule has 10 aromatic rings. The Morgan fingerprint density at radius 2 is 0.662 bits per heavy atom. The molecule has 0 amide bonds. The van der Waals surface area contributed by atoms with Gasteiger partial charge in [0, 0.05) is 49.2 Å². The molecule has 0 saturated heterocycles. The zero-order valence-corrected chi connectivity index (χ0v) is 37.0. The van der Waals surface area contributed by atoms with Gasteiger partial charge in [-0.1, -0.05) is 189 Å². The fourth-order valence-corrected chi connectivity index (χ4v) is 9.31. The van der Waals surface area contributed by atoms with Crippen molar-refractivity contribution in [2.24, 2.45) is 0 Å². The molecule has 0 N–H and O–H groups in total. The van der Waals surface area contributed by atoms with E-state index in [2.05, 4.69) is 186 Å². The zero-order chi connectivity index (χ0) is 44.0. The molecule has 0 spiro atoms. The van der Waals surface area contributed by atoms with Gasteiger partial charge in [0.15, 0.2) is 17.5 Å². The molecule has 0 saturated carbocycles. The molecule has 0 radical (unpaired) electrons. The Hall–Kier alpha value is -8.06. The highest BCUT2D eigenvalue weighted by Crippen LogP contribution is 2.54. The minimum atomic E-state index is 0.626. The monoisotopic (exact) mass is 855 g/mol. The van der Waals surface area contributed by atoms with Crippen LogP contribution in [-0.2, 0) is 0 Å². The molecule has 0 unspecified atom stereocenters. The first-order valence-corrected chi connectivity index (χ1v) is 22.8. The predicted molar refractivity (Wildman–Crippen MR) is 272 cm³/mol. The maximum Gasteiger partial charge on any atom is 0.164 e. The van der Waals surface area contributed by atoms with Crippen molar-refractivity contribution in [3.63, 3.8) is 0 Å². The number of aromatic nitrogens is 3. The average Bonchev–Trinajstić information content (AvgIpc) is 3.40. The van der Waals surface area contributed by atoms with Gasteiger partial charge in [-0.25, -0.2) is 15.0 Å². The Balaban J connectivity index is 0.00000246.